The van der Waals surface area contributed by atoms with E-state index in [0.717, 1.165) is 18.2 Å². The highest BCUT2D eigenvalue weighted by atomic mass is 32.2. The first-order valence-corrected chi connectivity index (χ1v) is 16.5. The Labute approximate surface area is 255 Å². The van der Waals surface area contributed by atoms with E-state index in [1.165, 1.54) is 37.3 Å². The Bertz CT molecular complexity index is 2280. The number of nitrogens with one attached hydrogen (secondary N) is 2. The molecule has 4 aromatic rings. The number of nitrogens with zero attached hydrogens (tertiary/aromatic N) is 1. The van der Waals surface area contributed by atoms with E-state index < -0.39 is 78.2 Å². The molecule has 236 valence electrons. The van der Waals surface area contributed by atoms with Crippen molar-refractivity contribution < 1.29 is 53.4 Å². The number of benzene rings is 4. The first-order chi connectivity index (χ1) is 20.7. The van der Waals surface area contributed by atoms with Crippen LogP contribution in [0.4, 0.5) is 17.1 Å². The number of carbonyl (C=O) groups excluding carboxylic acids is 2. The van der Waals surface area contributed by atoms with Gasteiger partial charge in [0.2, 0.25) is 0 Å². The third kappa shape index (κ3) is 6.98. The standard InChI is InChI=1S/C26H21N3O13S3/c1-13-3-5-15(9-20(13)28-26(31)16-6-4-14(2)21(10-16)29(32)33)25(30)27-19-7-8-22(44(37,38)39)18-11-17(43(34,35)36)12-23(24(18)19)45(40,41)42/h3-12H,1-2H3,(H,27,30)(H,28,31)(H,34,35,36)(H,37,38,39)(H,40,41,42). The molecule has 19 heteroatoms. The van der Waals surface area contributed by atoms with Gasteiger partial charge in [-0.15, -0.1) is 0 Å². The second kappa shape index (κ2) is 11.6. The van der Waals surface area contributed by atoms with Crippen molar-refractivity contribution in [2.24, 2.45) is 0 Å². The Balaban J connectivity index is 1.80. The molecule has 4 rings (SSSR count). The predicted octanol–water partition coefficient (Wildman–Crippen LogP) is 3.61. The van der Waals surface area contributed by atoms with E-state index in [2.05, 4.69) is 10.6 Å². The zero-order valence-corrected chi connectivity index (χ0v) is 25.3. The number of aryl methyl sites for hydroxylation is 2. The molecule has 0 aliphatic carbocycles. The number of anilines is 2. The normalized spacial score (nSPS) is 12.1. The minimum atomic E-state index is -5.35. The summed E-state index contributed by atoms with van der Waals surface area (Å²) < 4.78 is 101. The first kappa shape index (κ1) is 33.1. The number of nitro groups is 1. The van der Waals surface area contributed by atoms with Gasteiger partial charge in [-0.1, -0.05) is 12.1 Å². The lowest BCUT2D eigenvalue weighted by atomic mass is 10.1. The molecule has 0 aliphatic rings. The first-order valence-electron chi connectivity index (χ1n) is 12.2. The number of hydrogen-bond acceptors (Lipinski definition) is 10. The fraction of sp³-hybridized carbons (Fsp3) is 0.0769. The van der Waals surface area contributed by atoms with E-state index in [9.17, 15) is 58.6 Å². The van der Waals surface area contributed by atoms with Crippen LogP contribution in [0.5, 0.6) is 0 Å². The molecule has 2 amide bonds. The Kier molecular flexibility index (Phi) is 8.54. The van der Waals surface area contributed by atoms with Gasteiger partial charge in [0, 0.05) is 39.2 Å². The number of carbonyl (C=O) groups is 2. The molecule has 0 spiro atoms. The van der Waals surface area contributed by atoms with Crippen LogP contribution in [0.15, 0.2) is 75.4 Å². The van der Waals surface area contributed by atoms with Gasteiger partial charge in [0.05, 0.1) is 15.5 Å². The fourth-order valence-corrected chi connectivity index (χ4v) is 6.35. The predicted molar refractivity (Wildman–Crippen MR) is 158 cm³/mol. The van der Waals surface area contributed by atoms with E-state index in [1.54, 1.807) is 6.92 Å². The maximum Gasteiger partial charge on any atom is 0.295 e. The van der Waals surface area contributed by atoms with Crippen LogP contribution in [0.25, 0.3) is 10.8 Å². The molecular weight excluding hydrogens is 658 g/mol. The third-order valence-electron chi connectivity index (χ3n) is 6.53. The second-order valence-electron chi connectivity index (χ2n) is 9.58. The minimum absolute atomic E-state index is 0.0473. The van der Waals surface area contributed by atoms with Gasteiger partial charge in [0.15, 0.2) is 0 Å². The van der Waals surface area contributed by atoms with Crippen LogP contribution in [0.3, 0.4) is 0 Å². The topological polar surface area (TPSA) is 264 Å². The Morgan fingerprint density at radius 2 is 1.20 bits per heavy atom. The summed E-state index contributed by atoms with van der Waals surface area (Å²) in [5, 5.41) is 14.6. The summed E-state index contributed by atoms with van der Waals surface area (Å²) >= 11 is 0. The Morgan fingerprint density at radius 1 is 0.667 bits per heavy atom. The number of nitro benzene ring substituents is 1. The van der Waals surface area contributed by atoms with Crippen LogP contribution >= 0.6 is 0 Å². The smallest absolute Gasteiger partial charge is 0.295 e. The molecule has 0 aliphatic heterocycles. The molecule has 45 heavy (non-hydrogen) atoms. The molecule has 0 saturated heterocycles. The second-order valence-corrected chi connectivity index (χ2v) is 13.8. The molecule has 0 heterocycles. The summed E-state index contributed by atoms with van der Waals surface area (Å²) in [6, 6.07) is 10.2. The van der Waals surface area contributed by atoms with Gasteiger partial charge in [0.25, 0.3) is 47.9 Å². The van der Waals surface area contributed by atoms with Crippen LogP contribution in [0.1, 0.15) is 31.8 Å². The quantitative estimate of drug-likeness (QED) is 0.101. The Hall–Kier alpha value is -4.79. The van der Waals surface area contributed by atoms with E-state index >= 15 is 0 Å². The Morgan fingerprint density at radius 3 is 1.73 bits per heavy atom. The van der Waals surface area contributed by atoms with Crippen molar-refractivity contribution >= 4 is 70.0 Å². The zero-order valence-electron chi connectivity index (χ0n) is 22.9. The van der Waals surface area contributed by atoms with Gasteiger partial charge in [0.1, 0.15) is 9.79 Å². The highest BCUT2D eigenvalue weighted by molar-refractivity contribution is 7.87. The molecule has 4 aromatic carbocycles. The lowest BCUT2D eigenvalue weighted by Crippen LogP contribution is -2.16. The highest BCUT2D eigenvalue weighted by Gasteiger charge is 2.27. The van der Waals surface area contributed by atoms with Crippen molar-refractivity contribution in [3.05, 3.63) is 93.0 Å². The molecule has 16 nitrogen and oxygen atoms in total. The van der Waals surface area contributed by atoms with E-state index in [1.807, 2.05) is 0 Å². The largest absolute Gasteiger partial charge is 0.322 e. The van der Waals surface area contributed by atoms with Crippen LogP contribution in [0, 0.1) is 24.0 Å². The number of amides is 2. The van der Waals surface area contributed by atoms with Gasteiger partial charge < -0.3 is 10.6 Å². The van der Waals surface area contributed by atoms with Crippen molar-refractivity contribution in [2.45, 2.75) is 28.5 Å². The summed E-state index contributed by atoms with van der Waals surface area (Å²) in [5.41, 5.74) is -0.0258. The van der Waals surface area contributed by atoms with Gasteiger partial charge in [-0.05, 0) is 61.9 Å². The number of hydrogen-bond donors (Lipinski definition) is 5. The van der Waals surface area contributed by atoms with Crippen LogP contribution in [-0.4, -0.2) is 55.6 Å². The lowest BCUT2D eigenvalue weighted by molar-refractivity contribution is -0.385. The lowest BCUT2D eigenvalue weighted by Gasteiger charge is -2.16. The molecule has 0 bridgehead atoms. The molecular formula is C26H21N3O13S3. The van der Waals surface area contributed by atoms with Gasteiger partial charge in [-0.2, -0.15) is 25.3 Å². The molecule has 0 saturated carbocycles. The molecule has 5 N–H and O–H groups in total. The summed E-state index contributed by atoms with van der Waals surface area (Å²) in [6.45, 7) is 3.08. The summed E-state index contributed by atoms with van der Waals surface area (Å²) in [4.78, 5) is 33.4. The maximum absolute atomic E-state index is 13.3. The molecule has 0 fully saturated rings. The molecule has 0 aromatic heterocycles. The van der Waals surface area contributed by atoms with E-state index in [0.29, 0.717) is 23.3 Å². The van der Waals surface area contributed by atoms with Crippen LogP contribution < -0.4 is 10.6 Å². The zero-order chi connectivity index (χ0) is 33.6. The van der Waals surface area contributed by atoms with Crippen molar-refractivity contribution in [1.82, 2.24) is 0 Å². The SMILES string of the molecule is Cc1ccc(C(=O)Nc2ccc(S(=O)(=O)O)c3cc(S(=O)(=O)O)cc(S(=O)(=O)O)c23)cc1NC(=O)c1ccc(C)c([N+](=O)[O-])c1. The molecule has 0 unspecified atom stereocenters. The van der Waals surface area contributed by atoms with Gasteiger partial charge >= 0.3 is 0 Å². The van der Waals surface area contributed by atoms with Gasteiger partial charge in [-0.25, -0.2) is 0 Å². The fourth-order valence-electron chi connectivity index (χ4n) is 4.31. The summed E-state index contributed by atoms with van der Waals surface area (Å²) in [5.74, 6) is -1.70. The summed E-state index contributed by atoms with van der Waals surface area (Å²) in [6.07, 6.45) is 0. The number of fused-ring (bicyclic) bond motifs is 1. The van der Waals surface area contributed by atoms with Crippen molar-refractivity contribution in [3.63, 3.8) is 0 Å². The summed E-state index contributed by atoms with van der Waals surface area (Å²) in [7, 11) is -15.7. The maximum atomic E-state index is 13.3. The molecule has 0 atom stereocenters. The van der Waals surface area contributed by atoms with Crippen molar-refractivity contribution in [1.29, 1.82) is 0 Å². The van der Waals surface area contributed by atoms with E-state index in [4.69, 9.17) is 0 Å². The highest BCUT2D eigenvalue weighted by Crippen LogP contribution is 2.37. The average molecular weight is 680 g/mol. The van der Waals surface area contributed by atoms with Crippen LogP contribution in [0.2, 0.25) is 0 Å². The number of rotatable bonds is 8. The van der Waals surface area contributed by atoms with E-state index in [-0.39, 0.29) is 22.5 Å². The monoisotopic (exact) mass is 679 g/mol. The minimum Gasteiger partial charge on any atom is -0.322 e. The van der Waals surface area contributed by atoms with Crippen molar-refractivity contribution in [2.75, 3.05) is 10.6 Å². The third-order valence-corrected chi connectivity index (χ3v) is 9.15. The average Bonchev–Trinajstić information content (AvgIpc) is 2.92. The van der Waals surface area contributed by atoms with Crippen LogP contribution in [-0.2, 0) is 30.4 Å². The molecule has 0 radical (unpaired) electrons. The van der Waals surface area contributed by atoms with Gasteiger partial charge in [-0.3, -0.25) is 33.4 Å². The van der Waals surface area contributed by atoms with Crippen molar-refractivity contribution in [3.8, 4) is 0 Å².